The Bertz CT molecular complexity index is 823. The van der Waals surface area contributed by atoms with E-state index in [0.29, 0.717) is 28.6 Å². The summed E-state index contributed by atoms with van der Waals surface area (Å²) in [5.41, 5.74) is 3.20. The zero-order valence-corrected chi connectivity index (χ0v) is 24.5. The molecule has 5 heteroatoms. The van der Waals surface area contributed by atoms with Gasteiger partial charge in [-0.25, -0.2) is 0 Å². The van der Waals surface area contributed by atoms with Crippen LogP contribution in [0, 0.1) is 5.92 Å². The number of rotatable bonds is 14. The Hall–Kier alpha value is -2.27. The minimum absolute atomic E-state index is 0.213. The number of carbonyl (C=O) groups excluding carboxylic acids is 1. The molecule has 0 atom stereocenters. The number of hydrogen-bond acceptors (Lipinski definition) is 3. The molecule has 0 radical (unpaired) electrons. The van der Waals surface area contributed by atoms with E-state index in [2.05, 4.69) is 63.0 Å². The van der Waals surface area contributed by atoms with Crippen molar-refractivity contribution in [2.45, 2.75) is 100 Å². The molecular formula is C30H51N3OS. The molecule has 0 saturated carbocycles. The summed E-state index contributed by atoms with van der Waals surface area (Å²) in [5, 5.41) is 7.38. The lowest BCUT2D eigenvalue weighted by Gasteiger charge is -2.19. The van der Waals surface area contributed by atoms with Gasteiger partial charge in [0.1, 0.15) is 0 Å². The van der Waals surface area contributed by atoms with E-state index in [0.717, 1.165) is 18.5 Å². The van der Waals surface area contributed by atoms with Crippen LogP contribution in [0.4, 0.5) is 0 Å². The van der Waals surface area contributed by atoms with Gasteiger partial charge in [-0.1, -0.05) is 104 Å². The molecule has 1 aromatic heterocycles. The highest BCUT2D eigenvalue weighted by atomic mass is 32.1. The second kappa shape index (κ2) is 22.2. The maximum absolute atomic E-state index is 13.1. The van der Waals surface area contributed by atoms with E-state index in [1.807, 2.05) is 40.7 Å². The third-order valence-electron chi connectivity index (χ3n) is 5.36. The quantitative estimate of drug-likeness (QED) is 0.197. The number of thiol groups is 1. The number of carbonyl (C=O) groups is 1. The van der Waals surface area contributed by atoms with Gasteiger partial charge in [-0.2, -0.15) is 5.10 Å². The summed E-state index contributed by atoms with van der Waals surface area (Å²) in [6.45, 7) is 24.8. The van der Waals surface area contributed by atoms with Gasteiger partial charge in [0.25, 0.3) is 5.91 Å². The van der Waals surface area contributed by atoms with E-state index in [-0.39, 0.29) is 5.91 Å². The molecule has 1 rings (SSSR count). The summed E-state index contributed by atoms with van der Waals surface area (Å²) >= 11 is 4.56. The number of aryl methyl sites for hydroxylation is 1. The Morgan fingerprint density at radius 2 is 1.69 bits per heavy atom. The van der Waals surface area contributed by atoms with Crippen molar-refractivity contribution in [1.29, 1.82) is 0 Å². The molecule has 35 heavy (non-hydrogen) atoms. The van der Waals surface area contributed by atoms with Crippen molar-refractivity contribution in [3.8, 4) is 0 Å². The zero-order valence-electron chi connectivity index (χ0n) is 23.7. The van der Waals surface area contributed by atoms with Gasteiger partial charge in [0, 0.05) is 11.4 Å². The molecule has 0 aliphatic carbocycles. The van der Waals surface area contributed by atoms with Crippen molar-refractivity contribution in [2.24, 2.45) is 5.92 Å². The van der Waals surface area contributed by atoms with Crippen LogP contribution in [0.25, 0.3) is 6.08 Å². The van der Waals surface area contributed by atoms with Gasteiger partial charge in [-0.3, -0.25) is 9.48 Å². The summed E-state index contributed by atoms with van der Waals surface area (Å²) in [4.78, 5) is 13.8. The number of nitrogens with one attached hydrogen (secondary N) is 1. The fourth-order valence-electron chi connectivity index (χ4n) is 3.48. The van der Waals surface area contributed by atoms with Crippen molar-refractivity contribution in [1.82, 2.24) is 15.1 Å². The fourth-order valence-corrected chi connectivity index (χ4v) is 3.60. The van der Waals surface area contributed by atoms with E-state index < -0.39 is 0 Å². The highest BCUT2D eigenvalue weighted by molar-refractivity contribution is 7.84. The van der Waals surface area contributed by atoms with Gasteiger partial charge in [-0.15, -0.1) is 12.6 Å². The molecule has 4 nitrogen and oxygen atoms in total. The highest BCUT2D eigenvalue weighted by Gasteiger charge is 2.17. The van der Waals surface area contributed by atoms with Crippen LogP contribution in [0.15, 0.2) is 59.8 Å². The van der Waals surface area contributed by atoms with Crippen LogP contribution >= 0.6 is 12.6 Å². The normalized spacial score (nSPS) is 11.8. The molecular weight excluding hydrogens is 450 g/mol. The Morgan fingerprint density at radius 3 is 2.14 bits per heavy atom. The molecule has 1 N–H and O–H groups in total. The molecule has 0 fully saturated rings. The monoisotopic (exact) mass is 501 g/mol. The fraction of sp³-hybridized carbons (Fsp3) is 0.533. The average molecular weight is 502 g/mol. The summed E-state index contributed by atoms with van der Waals surface area (Å²) in [6.07, 6.45) is 17.8. The van der Waals surface area contributed by atoms with Crippen molar-refractivity contribution in [2.75, 3.05) is 0 Å². The zero-order chi connectivity index (χ0) is 27.2. The maximum Gasteiger partial charge on any atom is 0.259 e. The van der Waals surface area contributed by atoms with Crippen LogP contribution < -0.4 is 5.32 Å². The van der Waals surface area contributed by atoms with E-state index in [1.165, 1.54) is 31.3 Å². The first kappa shape index (κ1) is 34.9. The van der Waals surface area contributed by atoms with Gasteiger partial charge < -0.3 is 5.32 Å². The van der Waals surface area contributed by atoms with Crippen LogP contribution in [0.1, 0.15) is 110 Å². The Balaban J connectivity index is 0. The number of hydrogen-bond donors (Lipinski definition) is 2. The molecule has 198 valence electrons. The van der Waals surface area contributed by atoms with Crippen molar-refractivity contribution >= 4 is 24.6 Å². The number of aromatic nitrogens is 2. The van der Waals surface area contributed by atoms with E-state index in [9.17, 15) is 4.79 Å². The maximum atomic E-state index is 13.1. The van der Waals surface area contributed by atoms with Gasteiger partial charge in [0.15, 0.2) is 0 Å². The summed E-state index contributed by atoms with van der Waals surface area (Å²) in [5.74, 6) is 0.293. The van der Waals surface area contributed by atoms with Crippen LogP contribution in [0.5, 0.6) is 0 Å². The standard InChI is InChI=1S/C26H39N3OS.2C2H6/c1-7-12-15-21(16-13-8-2)20(6)18-23(25(31)10-4)28-26(30)22-19-27-29(11-5)24(22)17-14-9-3;2*1-2/h9-10,14,17-19,21,31H,3-4,7-8,11-13,15-16H2,1-2,5-6H3,(H,28,30);2*1-2H3/b17-14-,20-18+,25-23-;;. The first-order valence-corrected chi connectivity index (χ1v) is 13.8. The van der Waals surface area contributed by atoms with Gasteiger partial charge >= 0.3 is 0 Å². The van der Waals surface area contributed by atoms with Crippen LogP contribution in [-0.2, 0) is 6.54 Å². The van der Waals surface area contributed by atoms with E-state index >= 15 is 0 Å². The molecule has 0 spiro atoms. The topological polar surface area (TPSA) is 46.9 Å². The molecule has 1 heterocycles. The van der Waals surface area contributed by atoms with E-state index in [1.54, 1.807) is 29.1 Å². The first-order valence-electron chi connectivity index (χ1n) is 13.3. The molecule has 0 saturated heterocycles. The average Bonchev–Trinajstić information content (AvgIpc) is 3.31. The SMILES string of the molecule is C=C/C=C\c1c(C(=O)NC(/C=C(\C)C(CCCC)CCCC)=C(\S)C=C)cnn1CC.CC.CC. The molecule has 1 amide bonds. The predicted molar refractivity (Wildman–Crippen MR) is 160 cm³/mol. The van der Waals surface area contributed by atoms with Crippen LogP contribution in [0.3, 0.4) is 0 Å². The van der Waals surface area contributed by atoms with Crippen LogP contribution in [-0.4, -0.2) is 15.7 Å². The molecule has 0 bridgehead atoms. The van der Waals surface area contributed by atoms with Gasteiger partial charge in [0.05, 0.1) is 23.2 Å². The molecule has 0 aliphatic rings. The number of nitrogens with zero attached hydrogens (tertiary/aromatic N) is 2. The summed E-state index contributed by atoms with van der Waals surface area (Å²) in [6, 6.07) is 0. The van der Waals surface area contributed by atoms with Crippen molar-refractivity contribution in [3.05, 3.63) is 71.1 Å². The van der Waals surface area contributed by atoms with Gasteiger partial charge in [-0.05, 0) is 44.8 Å². The third kappa shape index (κ3) is 12.8. The van der Waals surface area contributed by atoms with Crippen LogP contribution in [0.2, 0.25) is 0 Å². The Labute approximate surface area is 221 Å². The lowest BCUT2D eigenvalue weighted by Crippen LogP contribution is -2.23. The first-order chi connectivity index (χ1) is 16.9. The molecule has 0 aromatic carbocycles. The van der Waals surface area contributed by atoms with Gasteiger partial charge in [0.2, 0.25) is 0 Å². The summed E-state index contributed by atoms with van der Waals surface area (Å²) in [7, 11) is 0. The van der Waals surface area contributed by atoms with Crippen molar-refractivity contribution < 1.29 is 4.79 Å². The second-order valence-corrected chi connectivity index (χ2v) is 8.16. The number of unbranched alkanes of at least 4 members (excludes halogenated alkanes) is 2. The summed E-state index contributed by atoms with van der Waals surface area (Å²) < 4.78 is 1.79. The molecule has 0 aliphatic heterocycles. The lowest BCUT2D eigenvalue weighted by atomic mass is 9.89. The molecule has 1 aromatic rings. The third-order valence-corrected chi connectivity index (χ3v) is 5.78. The largest absolute Gasteiger partial charge is 0.321 e. The second-order valence-electron chi connectivity index (χ2n) is 7.68. The number of amides is 1. The number of allylic oxidation sites excluding steroid dienone is 5. The predicted octanol–water partition coefficient (Wildman–Crippen LogP) is 9.15. The smallest absolute Gasteiger partial charge is 0.259 e. The Morgan fingerprint density at radius 1 is 1.11 bits per heavy atom. The van der Waals surface area contributed by atoms with E-state index in [4.69, 9.17) is 0 Å². The van der Waals surface area contributed by atoms with Crippen molar-refractivity contribution in [3.63, 3.8) is 0 Å². The molecule has 0 unspecified atom stereocenters. The minimum atomic E-state index is -0.213. The minimum Gasteiger partial charge on any atom is -0.321 e. The Kier molecular flexibility index (Phi) is 22.1. The lowest BCUT2D eigenvalue weighted by molar-refractivity contribution is 0.0966. The highest BCUT2D eigenvalue weighted by Crippen LogP contribution is 2.26.